The van der Waals surface area contributed by atoms with E-state index >= 15 is 0 Å². The maximum Gasteiger partial charge on any atom is 0.415 e. The molecule has 1 aromatic heterocycles. The first-order valence-corrected chi connectivity index (χ1v) is 11.6. The van der Waals surface area contributed by atoms with Crippen LogP contribution in [0.2, 0.25) is 0 Å². The molecule has 1 spiro atoms. The van der Waals surface area contributed by atoms with Crippen LogP contribution in [0.4, 0.5) is 14.9 Å². The van der Waals surface area contributed by atoms with Gasteiger partial charge in [-0.3, -0.25) is 9.69 Å². The van der Waals surface area contributed by atoms with Gasteiger partial charge < -0.3 is 14.2 Å². The first-order chi connectivity index (χ1) is 16.4. The standard InChI is InChI=1S/C26H27FN4O3/c1-19-28-12-15-30(19)17-20-6-2-3-9-23(20)24(32)29-13-5-10-26(11-14-29)18-31(25(33)34-26)22-8-4-7-21(27)16-22/h2-4,6-9,12,15-16H,5,10-11,13-14,17-18H2,1H3/t26-/m1/s1. The largest absolute Gasteiger partial charge is 0.441 e. The van der Waals surface area contributed by atoms with Crippen LogP contribution in [0.25, 0.3) is 0 Å². The van der Waals surface area contributed by atoms with Gasteiger partial charge in [-0.05, 0) is 49.6 Å². The summed E-state index contributed by atoms with van der Waals surface area (Å²) in [5.74, 6) is 0.482. The molecule has 2 aromatic carbocycles. The molecule has 3 aromatic rings. The molecule has 0 saturated carbocycles. The van der Waals surface area contributed by atoms with E-state index in [-0.39, 0.29) is 5.91 Å². The van der Waals surface area contributed by atoms with Gasteiger partial charge in [-0.25, -0.2) is 14.2 Å². The Morgan fingerprint density at radius 3 is 2.79 bits per heavy atom. The lowest BCUT2D eigenvalue weighted by atomic mass is 9.95. The predicted molar refractivity (Wildman–Crippen MR) is 125 cm³/mol. The third kappa shape index (κ3) is 4.27. The summed E-state index contributed by atoms with van der Waals surface area (Å²) in [6.07, 6.45) is 5.11. The number of anilines is 1. The van der Waals surface area contributed by atoms with Crippen LogP contribution >= 0.6 is 0 Å². The first kappa shape index (κ1) is 22.1. The third-order valence-electron chi connectivity index (χ3n) is 6.79. The molecule has 2 saturated heterocycles. The fourth-order valence-electron chi connectivity index (χ4n) is 4.89. The normalized spacial score (nSPS) is 20.5. The molecule has 2 fully saturated rings. The van der Waals surface area contributed by atoms with Gasteiger partial charge in [-0.1, -0.05) is 24.3 Å². The Bertz CT molecular complexity index is 1230. The minimum atomic E-state index is -0.675. The fraction of sp³-hybridized carbons (Fsp3) is 0.346. The second-order valence-corrected chi connectivity index (χ2v) is 9.02. The van der Waals surface area contributed by atoms with E-state index < -0.39 is 17.5 Å². The number of halogens is 1. The van der Waals surface area contributed by atoms with Crippen LogP contribution in [0.3, 0.4) is 0 Å². The van der Waals surface area contributed by atoms with Crippen molar-refractivity contribution in [1.82, 2.24) is 14.5 Å². The third-order valence-corrected chi connectivity index (χ3v) is 6.79. The fourth-order valence-corrected chi connectivity index (χ4v) is 4.89. The lowest BCUT2D eigenvalue weighted by Crippen LogP contribution is -2.37. The summed E-state index contributed by atoms with van der Waals surface area (Å²) in [6.45, 7) is 3.95. The molecule has 0 N–H and O–H groups in total. The van der Waals surface area contributed by atoms with Gasteiger partial charge in [-0.2, -0.15) is 0 Å². The number of hydrogen-bond donors (Lipinski definition) is 0. The van der Waals surface area contributed by atoms with Gasteiger partial charge in [0.1, 0.15) is 17.2 Å². The molecule has 2 aliphatic rings. The van der Waals surface area contributed by atoms with Crippen LogP contribution in [0.1, 0.15) is 41.0 Å². The Morgan fingerprint density at radius 2 is 2.00 bits per heavy atom. The van der Waals surface area contributed by atoms with Gasteiger partial charge in [0.05, 0.1) is 12.2 Å². The SMILES string of the molecule is Cc1nccn1Cc1ccccc1C(=O)N1CCC[C@@]2(CC1)CN(c1cccc(F)c1)C(=O)O2. The highest BCUT2D eigenvalue weighted by molar-refractivity contribution is 5.96. The number of rotatable bonds is 4. The van der Waals surface area contributed by atoms with Crippen LogP contribution < -0.4 is 4.90 Å². The van der Waals surface area contributed by atoms with Crippen molar-refractivity contribution >= 4 is 17.7 Å². The topological polar surface area (TPSA) is 67.7 Å². The highest BCUT2D eigenvalue weighted by Gasteiger charge is 2.46. The predicted octanol–water partition coefficient (Wildman–Crippen LogP) is 4.40. The van der Waals surface area contributed by atoms with E-state index in [1.54, 1.807) is 18.3 Å². The van der Waals surface area contributed by atoms with Gasteiger partial charge in [0.25, 0.3) is 5.91 Å². The van der Waals surface area contributed by atoms with E-state index in [1.165, 1.54) is 17.0 Å². The second kappa shape index (κ2) is 8.93. The Balaban J connectivity index is 1.31. The van der Waals surface area contributed by atoms with Crippen molar-refractivity contribution in [2.45, 2.75) is 38.3 Å². The molecule has 176 valence electrons. The van der Waals surface area contributed by atoms with Gasteiger partial charge in [0.2, 0.25) is 0 Å². The van der Waals surface area contributed by atoms with Crippen molar-refractivity contribution in [2.24, 2.45) is 0 Å². The highest BCUT2D eigenvalue weighted by atomic mass is 19.1. The average Bonchev–Trinajstić information content (AvgIpc) is 3.30. The summed E-state index contributed by atoms with van der Waals surface area (Å²) in [6, 6.07) is 13.6. The van der Waals surface area contributed by atoms with Crippen molar-refractivity contribution < 1.29 is 18.7 Å². The molecule has 3 heterocycles. The monoisotopic (exact) mass is 462 g/mol. The van der Waals surface area contributed by atoms with E-state index in [0.29, 0.717) is 50.3 Å². The summed E-state index contributed by atoms with van der Waals surface area (Å²) in [4.78, 5) is 33.8. The summed E-state index contributed by atoms with van der Waals surface area (Å²) in [7, 11) is 0. The van der Waals surface area contributed by atoms with E-state index in [4.69, 9.17) is 4.74 Å². The zero-order valence-electron chi connectivity index (χ0n) is 19.1. The molecule has 34 heavy (non-hydrogen) atoms. The lowest BCUT2D eigenvalue weighted by Gasteiger charge is -2.26. The zero-order valence-corrected chi connectivity index (χ0v) is 19.1. The Morgan fingerprint density at radius 1 is 1.15 bits per heavy atom. The maximum absolute atomic E-state index is 13.7. The van der Waals surface area contributed by atoms with Crippen LogP contribution in [-0.2, 0) is 11.3 Å². The zero-order chi connectivity index (χ0) is 23.7. The Kier molecular flexibility index (Phi) is 5.81. The van der Waals surface area contributed by atoms with Crippen LogP contribution in [0.15, 0.2) is 60.9 Å². The molecule has 5 rings (SSSR count). The molecular weight excluding hydrogens is 435 g/mol. The van der Waals surface area contributed by atoms with Crippen LogP contribution in [-0.4, -0.2) is 51.7 Å². The number of hydrogen-bond acceptors (Lipinski definition) is 4. The molecule has 0 bridgehead atoms. The number of likely N-dealkylation sites (tertiary alicyclic amines) is 1. The quantitative estimate of drug-likeness (QED) is 0.576. The van der Waals surface area contributed by atoms with Gasteiger partial charge in [0.15, 0.2) is 0 Å². The Hall–Kier alpha value is -3.68. The van der Waals surface area contributed by atoms with E-state index in [0.717, 1.165) is 17.8 Å². The van der Waals surface area contributed by atoms with Crippen molar-refractivity contribution in [1.29, 1.82) is 0 Å². The first-order valence-electron chi connectivity index (χ1n) is 11.6. The number of carbonyl (C=O) groups is 2. The highest BCUT2D eigenvalue weighted by Crippen LogP contribution is 2.36. The molecular formula is C26H27FN4O3. The average molecular weight is 463 g/mol. The minimum Gasteiger partial charge on any atom is -0.441 e. The van der Waals surface area contributed by atoms with Gasteiger partial charge >= 0.3 is 6.09 Å². The molecule has 0 unspecified atom stereocenters. The summed E-state index contributed by atoms with van der Waals surface area (Å²) < 4.78 is 21.5. The van der Waals surface area contributed by atoms with Gasteiger partial charge in [0, 0.05) is 44.0 Å². The van der Waals surface area contributed by atoms with Crippen LogP contribution in [0.5, 0.6) is 0 Å². The number of benzene rings is 2. The number of imidazole rings is 1. The van der Waals surface area contributed by atoms with Crippen molar-refractivity contribution in [3.63, 3.8) is 0 Å². The number of nitrogens with zero attached hydrogens (tertiary/aromatic N) is 4. The number of amides is 2. The Labute approximate surface area is 197 Å². The summed E-state index contributed by atoms with van der Waals surface area (Å²) >= 11 is 0. The smallest absolute Gasteiger partial charge is 0.415 e. The van der Waals surface area contributed by atoms with E-state index in [2.05, 4.69) is 4.98 Å². The lowest BCUT2D eigenvalue weighted by molar-refractivity contribution is 0.0438. The van der Waals surface area contributed by atoms with Crippen molar-refractivity contribution in [2.75, 3.05) is 24.5 Å². The molecule has 1 atom stereocenters. The summed E-state index contributed by atoms with van der Waals surface area (Å²) in [5.41, 5.74) is 1.43. The molecule has 2 amide bonds. The number of ether oxygens (including phenoxy) is 1. The van der Waals surface area contributed by atoms with Crippen LogP contribution in [0, 0.1) is 12.7 Å². The summed E-state index contributed by atoms with van der Waals surface area (Å²) in [5, 5.41) is 0. The number of aromatic nitrogens is 2. The molecule has 7 nitrogen and oxygen atoms in total. The maximum atomic E-state index is 13.7. The second-order valence-electron chi connectivity index (χ2n) is 9.02. The van der Waals surface area contributed by atoms with E-state index in [1.807, 2.05) is 46.9 Å². The molecule has 8 heteroatoms. The minimum absolute atomic E-state index is 0.0169. The molecule has 2 aliphatic heterocycles. The van der Waals surface area contributed by atoms with Crippen molar-refractivity contribution in [3.8, 4) is 0 Å². The molecule has 0 aliphatic carbocycles. The van der Waals surface area contributed by atoms with E-state index in [9.17, 15) is 14.0 Å². The molecule has 0 radical (unpaired) electrons. The number of aryl methyl sites for hydroxylation is 1. The van der Waals surface area contributed by atoms with Crippen molar-refractivity contribution in [3.05, 3.63) is 83.7 Å². The number of carbonyl (C=O) groups excluding carboxylic acids is 2. The van der Waals surface area contributed by atoms with Gasteiger partial charge in [-0.15, -0.1) is 0 Å².